The van der Waals surface area contributed by atoms with Crippen LogP contribution in [-0.4, -0.2) is 79.3 Å². The monoisotopic (exact) mass is 557 g/mol. The number of aliphatic hydroxyl groups excluding tert-OH is 1. The summed E-state index contributed by atoms with van der Waals surface area (Å²) in [4.78, 5) is 58.4. The van der Waals surface area contributed by atoms with E-state index in [4.69, 9.17) is 25.0 Å². The van der Waals surface area contributed by atoms with E-state index in [0.717, 1.165) is 0 Å². The van der Waals surface area contributed by atoms with Gasteiger partial charge in [-0.2, -0.15) is 4.31 Å². The minimum Gasteiger partial charge on any atom is -0.386 e. The predicted octanol–water partition coefficient (Wildman–Crippen LogP) is -2.62. The number of methoxy groups -OCH3 is 1. The normalized spacial score (nSPS) is 24.2. The number of nitrogen functional groups attached to an aromatic ring is 1. The minimum atomic E-state index is -5.37. The van der Waals surface area contributed by atoms with Crippen LogP contribution in [0.3, 0.4) is 0 Å². The van der Waals surface area contributed by atoms with Gasteiger partial charge in [0.05, 0.1) is 26.4 Å². The van der Waals surface area contributed by atoms with Crippen LogP contribution in [0.15, 0.2) is 11.1 Å². The molecule has 36 heavy (non-hydrogen) atoms. The van der Waals surface area contributed by atoms with Crippen LogP contribution >= 0.6 is 15.6 Å². The van der Waals surface area contributed by atoms with Crippen molar-refractivity contribution in [3.8, 4) is 0 Å². The molecule has 3 rings (SSSR count). The maximum Gasteiger partial charge on any atom is 0.481 e. The molecule has 0 bridgehead atoms. The van der Waals surface area contributed by atoms with Crippen molar-refractivity contribution in [2.75, 3.05) is 32.6 Å². The van der Waals surface area contributed by atoms with E-state index < -0.39 is 58.1 Å². The number of imidazole rings is 1. The lowest BCUT2D eigenvalue weighted by atomic mass is 9.94. The molecular formula is C16H27N6O12P2+. The van der Waals surface area contributed by atoms with Crippen LogP contribution in [0, 0.1) is 5.92 Å². The molecule has 0 radical (unpaired) electrons. The molecule has 8 N–H and O–H groups in total. The van der Waals surface area contributed by atoms with Gasteiger partial charge in [0.2, 0.25) is 17.7 Å². The number of carbonyl (C=O) groups excluding carboxylic acids is 1. The van der Waals surface area contributed by atoms with E-state index >= 15 is 0 Å². The number of phosphoric ester groups is 1. The van der Waals surface area contributed by atoms with Crippen molar-refractivity contribution >= 4 is 38.7 Å². The largest absolute Gasteiger partial charge is 0.481 e. The van der Waals surface area contributed by atoms with Gasteiger partial charge in [-0.25, -0.2) is 13.7 Å². The van der Waals surface area contributed by atoms with Gasteiger partial charge < -0.3 is 40.3 Å². The lowest BCUT2D eigenvalue weighted by molar-refractivity contribution is -0.745. The van der Waals surface area contributed by atoms with Crippen LogP contribution < -0.4 is 21.2 Å². The highest BCUT2D eigenvalue weighted by molar-refractivity contribution is 7.60. The Morgan fingerprint density at radius 3 is 2.72 bits per heavy atom. The Morgan fingerprint density at radius 2 is 2.08 bits per heavy atom. The molecule has 0 spiro atoms. The van der Waals surface area contributed by atoms with E-state index in [0.29, 0.717) is 0 Å². The fraction of sp³-hybridized carbons (Fsp3) is 0.625. The summed E-state index contributed by atoms with van der Waals surface area (Å²) in [5.41, 5.74) is 5.24. The summed E-state index contributed by atoms with van der Waals surface area (Å²) < 4.78 is 44.7. The van der Waals surface area contributed by atoms with Crippen molar-refractivity contribution in [3.63, 3.8) is 0 Å². The molecule has 1 fully saturated rings. The fourth-order valence-electron chi connectivity index (χ4n) is 3.80. The molecule has 0 saturated carbocycles. The molecular weight excluding hydrogens is 530 g/mol. The summed E-state index contributed by atoms with van der Waals surface area (Å²) in [7, 11) is -7.63. The lowest BCUT2D eigenvalue weighted by Gasteiger charge is -2.20. The number of anilines is 1. The highest BCUT2D eigenvalue weighted by Crippen LogP contribution is 2.57. The van der Waals surface area contributed by atoms with Gasteiger partial charge in [0, 0.05) is 26.0 Å². The molecule has 1 saturated heterocycles. The van der Waals surface area contributed by atoms with E-state index in [2.05, 4.69) is 24.1 Å². The van der Waals surface area contributed by atoms with Gasteiger partial charge in [0.15, 0.2) is 6.33 Å². The van der Waals surface area contributed by atoms with Crippen molar-refractivity contribution in [1.29, 1.82) is 0 Å². The molecule has 1 amide bonds. The van der Waals surface area contributed by atoms with Gasteiger partial charge >= 0.3 is 21.3 Å². The van der Waals surface area contributed by atoms with Crippen molar-refractivity contribution in [2.45, 2.75) is 24.9 Å². The summed E-state index contributed by atoms with van der Waals surface area (Å²) in [5, 5.41) is 13.6. The number of carbonyl (C=O) groups is 1. The molecule has 1 aliphatic rings. The standard InChI is InChI=1S/C16H26N6O12P2/c1-21-7-22(13-11(21)14(25)20-16(17)19-13)15-12(24)8(5-10(23)18-3-4-31-2)9(33-15)6-32-36(29,30)34-35(26,27)28/h7-9,12,15,24H,3-6H2,1-2H3,(H6-,17,18,19,20,23,25,26,27,28,29,30)/p+1/t8-,9-,12-,15-/m1/s1. The van der Waals surface area contributed by atoms with E-state index in [9.17, 15) is 28.7 Å². The summed E-state index contributed by atoms with van der Waals surface area (Å²) in [6, 6.07) is 0. The van der Waals surface area contributed by atoms with Gasteiger partial charge in [-0.3, -0.25) is 23.7 Å². The van der Waals surface area contributed by atoms with Gasteiger partial charge in [-0.05, 0) is 0 Å². The third kappa shape index (κ3) is 6.74. The number of hydrogen-bond acceptors (Lipinski definition) is 11. The molecule has 202 valence electrons. The molecule has 0 aromatic carbocycles. The number of nitrogens with two attached hydrogens (primary N) is 1. The number of phosphoric acid groups is 2. The Balaban J connectivity index is 1.90. The number of nitrogens with one attached hydrogen (secondary N) is 2. The third-order valence-electron chi connectivity index (χ3n) is 5.25. The maximum absolute atomic E-state index is 12.4. The summed E-state index contributed by atoms with van der Waals surface area (Å²) >= 11 is 0. The van der Waals surface area contributed by atoms with Gasteiger partial charge in [0.25, 0.3) is 11.5 Å². The third-order valence-corrected chi connectivity index (χ3v) is 7.40. The highest BCUT2D eigenvalue weighted by atomic mass is 31.3. The van der Waals surface area contributed by atoms with E-state index in [1.807, 2.05) is 0 Å². The number of hydrogen-bond donors (Lipinski definition) is 7. The fourth-order valence-corrected chi connectivity index (χ4v) is 5.40. The number of rotatable bonds is 11. The smallest absolute Gasteiger partial charge is 0.386 e. The van der Waals surface area contributed by atoms with Crippen molar-refractivity contribution in [1.82, 2.24) is 19.9 Å². The first-order valence-corrected chi connectivity index (χ1v) is 13.3. The number of aromatic amines is 1. The zero-order valence-corrected chi connectivity index (χ0v) is 20.9. The molecule has 2 aromatic heterocycles. The molecule has 1 aliphatic heterocycles. The SMILES string of the molecule is COCCNC(=O)C[C@H]1[C@@H](O)[C@H]([n+]2cn(C)c3c(=O)[nH]c(N)nc32)O[C@@H]1COP(=O)(O)OP(=O)(O)O. The number of aromatic nitrogens is 4. The molecule has 18 nitrogen and oxygen atoms in total. The molecule has 2 aromatic rings. The van der Waals surface area contributed by atoms with E-state index in [1.165, 1.54) is 29.6 Å². The number of aliphatic hydroxyl groups is 1. The zero-order valence-electron chi connectivity index (χ0n) is 19.1. The van der Waals surface area contributed by atoms with E-state index in [1.54, 1.807) is 0 Å². The zero-order chi connectivity index (χ0) is 26.8. The van der Waals surface area contributed by atoms with Crippen LogP contribution in [0.5, 0.6) is 0 Å². The van der Waals surface area contributed by atoms with Gasteiger partial charge in [0.1, 0.15) is 6.10 Å². The van der Waals surface area contributed by atoms with Crippen molar-refractivity contribution in [2.24, 2.45) is 13.0 Å². The topological polar surface area (TPSA) is 262 Å². The first-order chi connectivity index (χ1) is 16.7. The molecule has 0 aliphatic carbocycles. The highest BCUT2D eigenvalue weighted by Gasteiger charge is 2.49. The minimum absolute atomic E-state index is 0.0466. The number of aryl methyl sites for hydroxylation is 1. The second kappa shape index (κ2) is 11.0. The second-order valence-electron chi connectivity index (χ2n) is 7.86. The summed E-state index contributed by atoms with van der Waals surface area (Å²) in [6.07, 6.45) is -2.85. The predicted molar refractivity (Wildman–Crippen MR) is 118 cm³/mol. The van der Waals surface area contributed by atoms with Crippen LogP contribution in [0.1, 0.15) is 12.6 Å². The van der Waals surface area contributed by atoms with Gasteiger partial charge in [-0.15, -0.1) is 0 Å². The van der Waals surface area contributed by atoms with Crippen LogP contribution in [0.25, 0.3) is 11.2 Å². The summed E-state index contributed by atoms with van der Waals surface area (Å²) in [5.74, 6) is -1.75. The number of amides is 1. The van der Waals surface area contributed by atoms with Crippen molar-refractivity contribution in [3.05, 3.63) is 16.7 Å². The number of nitrogens with zero attached hydrogens (tertiary/aromatic N) is 3. The van der Waals surface area contributed by atoms with Gasteiger partial charge in [-0.1, -0.05) is 4.98 Å². The van der Waals surface area contributed by atoms with Crippen LogP contribution in [-0.2, 0) is 39.3 Å². The number of H-pyrrole nitrogens is 1. The van der Waals surface area contributed by atoms with E-state index in [-0.39, 0.29) is 36.7 Å². The van der Waals surface area contributed by atoms with Crippen LogP contribution in [0.2, 0.25) is 0 Å². The van der Waals surface area contributed by atoms with Crippen LogP contribution in [0.4, 0.5) is 5.95 Å². The Labute approximate surface area is 202 Å². The quantitative estimate of drug-likeness (QED) is 0.0848. The number of fused-ring (bicyclic) bond motifs is 1. The Hall–Kier alpha value is -2.24. The molecule has 1 unspecified atom stereocenters. The Bertz CT molecular complexity index is 1260. The first kappa shape index (κ1) is 28.3. The Morgan fingerprint density at radius 1 is 1.39 bits per heavy atom. The first-order valence-electron chi connectivity index (χ1n) is 10.3. The maximum atomic E-state index is 12.4. The second-order valence-corrected chi connectivity index (χ2v) is 10.7. The van der Waals surface area contributed by atoms with Crippen molar-refractivity contribution < 1.29 is 56.6 Å². The molecule has 20 heteroatoms. The Kier molecular flexibility index (Phi) is 8.67. The molecule has 3 heterocycles. The summed E-state index contributed by atoms with van der Waals surface area (Å²) in [6.45, 7) is -0.389. The average molecular weight is 557 g/mol. The molecule has 5 atom stereocenters. The average Bonchev–Trinajstić information content (AvgIpc) is 3.22. The number of ether oxygens (including phenoxy) is 2. The lowest BCUT2D eigenvalue weighted by Crippen LogP contribution is -2.45.